The first kappa shape index (κ1) is 13.3. The van der Waals surface area contributed by atoms with Crippen molar-refractivity contribution in [1.29, 1.82) is 0 Å². The fourth-order valence-electron chi connectivity index (χ4n) is 2.04. The standard InChI is InChI=1S/C15H20N4/c1-5-12-6-8-13(9-7-12)19(4)15-10(2)14(16)17-11(3)18-15/h6-9H,5H2,1-4H3,(H2,16,17,18). The van der Waals surface area contributed by atoms with E-state index in [1.54, 1.807) is 0 Å². The maximum Gasteiger partial charge on any atom is 0.141 e. The van der Waals surface area contributed by atoms with E-state index in [0.717, 1.165) is 23.5 Å². The molecule has 4 heteroatoms. The predicted molar refractivity (Wildman–Crippen MR) is 79.8 cm³/mol. The summed E-state index contributed by atoms with van der Waals surface area (Å²) in [6.07, 6.45) is 1.04. The minimum Gasteiger partial charge on any atom is -0.383 e. The first-order valence-electron chi connectivity index (χ1n) is 6.46. The maximum absolute atomic E-state index is 5.91. The molecule has 0 amide bonds. The third kappa shape index (κ3) is 2.67. The number of rotatable bonds is 3. The highest BCUT2D eigenvalue weighted by atomic mass is 15.2. The minimum atomic E-state index is 0.541. The highest BCUT2D eigenvalue weighted by Gasteiger charge is 2.12. The van der Waals surface area contributed by atoms with E-state index in [1.807, 2.05) is 25.8 Å². The minimum absolute atomic E-state index is 0.541. The second-order valence-electron chi connectivity index (χ2n) is 4.68. The van der Waals surface area contributed by atoms with E-state index in [0.29, 0.717) is 11.6 Å². The van der Waals surface area contributed by atoms with Crippen LogP contribution in [-0.2, 0) is 6.42 Å². The van der Waals surface area contributed by atoms with Crippen LogP contribution in [-0.4, -0.2) is 17.0 Å². The van der Waals surface area contributed by atoms with E-state index in [1.165, 1.54) is 5.56 Å². The van der Waals surface area contributed by atoms with Crippen LogP contribution in [0.25, 0.3) is 0 Å². The van der Waals surface area contributed by atoms with Gasteiger partial charge in [-0.1, -0.05) is 19.1 Å². The molecule has 100 valence electrons. The lowest BCUT2D eigenvalue weighted by Crippen LogP contribution is -2.15. The number of aromatic nitrogens is 2. The van der Waals surface area contributed by atoms with Gasteiger partial charge in [-0.05, 0) is 38.0 Å². The van der Waals surface area contributed by atoms with Crippen molar-refractivity contribution in [2.24, 2.45) is 0 Å². The lowest BCUT2D eigenvalue weighted by atomic mass is 10.1. The van der Waals surface area contributed by atoms with Gasteiger partial charge in [0.1, 0.15) is 17.5 Å². The quantitative estimate of drug-likeness (QED) is 0.917. The molecule has 0 radical (unpaired) electrons. The molecule has 0 bridgehead atoms. The van der Waals surface area contributed by atoms with Crippen molar-refractivity contribution < 1.29 is 0 Å². The second kappa shape index (κ2) is 5.26. The van der Waals surface area contributed by atoms with Crippen LogP contribution in [0.3, 0.4) is 0 Å². The lowest BCUT2D eigenvalue weighted by molar-refractivity contribution is 0.998. The average molecular weight is 256 g/mol. The Hall–Kier alpha value is -2.10. The van der Waals surface area contributed by atoms with Crippen LogP contribution in [0.5, 0.6) is 0 Å². The van der Waals surface area contributed by atoms with E-state index >= 15 is 0 Å². The van der Waals surface area contributed by atoms with E-state index in [9.17, 15) is 0 Å². The summed E-state index contributed by atoms with van der Waals surface area (Å²) in [5, 5.41) is 0. The number of anilines is 3. The average Bonchev–Trinajstić information content (AvgIpc) is 2.42. The third-order valence-corrected chi connectivity index (χ3v) is 3.32. The summed E-state index contributed by atoms with van der Waals surface area (Å²) in [7, 11) is 2.00. The molecule has 0 aliphatic carbocycles. The summed E-state index contributed by atoms with van der Waals surface area (Å²) in [6, 6.07) is 8.48. The Morgan fingerprint density at radius 2 is 1.74 bits per heavy atom. The molecule has 0 unspecified atom stereocenters. The molecular weight excluding hydrogens is 236 g/mol. The summed E-state index contributed by atoms with van der Waals surface area (Å²) in [6.45, 7) is 5.95. The van der Waals surface area contributed by atoms with Crippen LogP contribution in [0.4, 0.5) is 17.3 Å². The van der Waals surface area contributed by atoms with Crippen molar-refractivity contribution >= 4 is 17.3 Å². The number of aryl methyl sites for hydroxylation is 2. The van der Waals surface area contributed by atoms with Crippen LogP contribution in [0.2, 0.25) is 0 Å². The Bertz CT molecular complexity index is 575. The van der Waals surface area contributed by atoms with E-state index in [2.05, 4.69) is 41.2 Å². The number of hydrogen-bond donors (Lipinski definition) is 1. The molecule has 1 aromatic carbocycles. The van der Waals surface area contributed by atoms with Gasteiger partial charge in [0, 0.05) is 18.3 Å². The van der Waals surface area contributed by atoms with Crippen molar-refractivity contribution in [3.8, 4) is 0 Å². The van der Waals surface area contributed by atoms with Gasteiger partial charge in [0.15, 0.2) is 0 Å². The molecule has 2 aromatic rings. The fourth-order valence-corrected chi connectivity index (χ4v) is 2.04. The van der Waals surface area contributed by atoms with Crippen LogP contribution < -0.4 is 10.6 Å². The molecule has 4 nitrogen and oxygen atoms in total. The normalized spacial score (nSPS) is 10.5. The molecule has 1 aromatic heterocycles. The molecule has 0 fully saturated rings. The zero-order chi connectivity index (χ0) is 14.0. The number of hydrogen-bond acceptors (Lipinski definition) is 4. The van der Waals surface area contributed by atoms with Gasteiger partial charge in [0.2, 0.25) is 0 Å². The Balaban J connectivity index is 2.40. The first-order valence-corrected chi connectivity index (χ1v) is 6.46. The zero-order valence-electron chi connectivity index (χ0n) is 11.9. The number of nitrogens with two attached hydrogens (primary N) is 1. The molecule has 0 saturated heterocycles. The van der Waals surface area contributed by atoms with Gasteiger partial charge in [-0.15, -0.1) is 0 Å². The van der Waals surface area contributed by atoms with E-state index in [4.69, 9.17) is 5.73 Å². The van der Waals surface area contributed by atoms with Gasteiger partial charge in [0.25, 0.3) is 0 Å². The number of nitrogen functional groups attached to an aromatic ring is 1. The molecule has 0 spiro atoms. The first-order chi connectivity index (χ1) is 9.02. The molecule has 19 heavy (non-hydrogen) atoms. The topological polar surface area (TPSA) is 55.0 Å². The largest absolute Gasteiger partial charge is 0.383 e. The maximum atomic E-state index is 5.91. The SMILES string of the molecule is CCc1ccc(N(C)c2nc(C)nc(N)c2C)cc1. The molecule has 0 saturated carbocycles. The van der Waals surface area contributed by atoms with E-state index < -0.39 is 0 Å². The van der Waals surface area contributed by atoms with Crippen molar-refractivity contribution in [2.75, 3.05) is 17.7 Å². The molecule has 1 heterocycles. The Morgan fingerprint density at radius 3 is 2.32 bits per heavy atom. The summed E-state index contributed by atoms with van der Waals surface area (Å²) in [5.74, 6) is 2.09. The van der Waals surface area contributed by atoms with Gasteiger partial charge in [-0.3, -0.25) is 0 Å². The smallest absolute Gasteiger partial charge is 0.141 e. The number of benzene rings is 1. The Kier molecular flexibility index (Phi) is 3.69. The summed E-state index contributed by atoms with van der Waals surface area (Å²) >= 11 is 0. The van der Waals surface area contributed by atoms with E-state index in [-0.39, 0.29) is 0 Å². The summed E-state index contributed by atoms with van der Waals surface area (Å²) in [5.41, 5.74) is 9.24. The Morgan fingerprint density at radius 1 is 1.11 bits per heavy atom. The lowest BCUT2D eigenvalue weighted by Gasteiger charge is -2.21. The highest BCUT2D eigenvalue weighted by Crippen LogP contribution is 2.27. The van der Waals surface area contributed by atoms with Crippen molar-refractivity contribution in [3.05, 3.63) is 41.2 Å². The van der Waals surface area contributed by atoms with Gasteiger partial charge >= 0.3 is 0 Å². The van der Waals surface area contributed by atoms with Gasteiger partial charge in [-0.2, -0.15) is 0 Å². The summed E-state index contributed by atoms with van der Waals surface area (Å²) < 4.78 is 0. The Labute approximate surface area is 114 Å². The zero-order valence-corrected chi connectivity index (χ0v) is 11.9. The molecule has 2 N–H and O–H groups in total. The van der Waals surface area contributed by atoms with Crippen LogP contribution in [0.1, 0.15) is 23.9 Å². The van der Waals surface area contributed by atoms with Crippen LogP contribution in [0, 0.1) is 13.8 Å². The highest BCUT2D eigenvalue weighted by molar-refractivity contribution is 5.66. The van der Waals surface area contributed by atoms with Crippen LogP contribution in [0.15, 0.2) is 24.3 Å². The molecule has 2 rings (SSSR count). The van der Waals surface area contributed by atoms with Crippen molar-refractivity contribution in [1.82, 2.24) is 9.97 Å². The fraction of sp³-hybridized carbons (Fsp3) is 0.333. The molecule has 0 aliphatic heterocycles. The number of nitrogens with zero attached hydrogens (tertiary/aromatic N) is 3. The van der Waals surface area contributed by atoms with Gasteiger partial charge in [0.05, 0.1) is 0 Å². The van der Waals surface area contributed by atoms with Gasteiger partial charge < -0.3 is 10.6 Å². The molecular formula is C15H20N4. The van der Waals surface area contributed by atoms with Gasteiger partial charge in [-0.25, -0.2) is 9.97 Å². The van der Waals surface area contributed by atoms with Crippen LogP contribution >= 0.6 is 0 Å². The van der Waals surface area contributed by atoms with Crippen molar-refractivity contribution in [3.63, 3.8) is 0 Å². The predicted octanol–water partition coefficient (Wildman–Crippen LogP) is 3.01. The van der Waals surface area contributed by atoms with Crippen molar-refractivity contribution in [2.45, 2.75) is 27.2 Å². The molecule has 0 aliphatic rings. The third-order valence-electron chi connectivity index (χ3n) is 3.32. The monoisotopic (exact) mass is 256 g/mol. The second-order valence-corrected chi connectivity index (χ2v) is 4.68. The molecule has 0 atom stereocenters. The summed E-state index contributed by atoms with van der Waals surface area (Å²) in [4.78, 5) is 10.7.